The highest BCUT2D eigenvalue weighted by Crippen LogP contribution is 2.22. The van der Waals surface area contributed by atoms with E-state index in [0.29, 0.717) is 18.5 Å². The lowest BCUT2D eigenvalue weighted by atomic mass is 9.92. The lowest BCUT2D eigenvalue weighted by Gasteiger charge is -2.32. The summed E-state index contributed by atoms with van der Waals surface area (Å²) in [6.07, 6.45) is 7.59. The van der Waals surface area contributed by atoms with Crippen molar-refractivity contribution in [3.63, 3.8) is 0 Å². The summed E-state index contributed by atoms with van der Waals surface area (Å²) in [5.41, 5.74) is 1.07. The van der Waals surface area contributed by atoms with Gasteiger partial charge in [0.25, 0.3) is 0 Å². The standard InChI is InChI=1S/C17H26N6O2/c1-13-10-18-23(11-13)12-16(24)22-8-6-14(7-9-22)4-5-15-19-17(21(2)3)25-20-15/h10-11,14H,4-9,12H2,1-3H3. The minimum Gasteiger partial charge on any atom is -0.341 e. The third-order valence-corrected chi connectivity index (χ3v) is 4.64. The van der Waals surface area contributed by atoms with E-state index in [1.54, 1.807) is 10.9 Å². The highest BCUT2D eigenvalue weighted by Gasteiger charge is 2.23. The first-order chi connectivity index (χ1) is 12.0. The minimum atomic E-state index is 0.148. The van der Waals surface area contributed by atoms with Crippen LogP contribution in [0, 0.1) is 12.8 Å². The molecule has 25 heavy (non-hydrogen) atoms. The molecule has 0 bridgehead atoms. The van der Waals surface area contributed by atoms with Crippen molar-refractivity contribution >= 4 is 11.9 Å². The zero-order valence-corrected chi connectivity index (χ0v) is 15.2. The molecule has 3 heterocycles. The Labute approximate surface area is 147 Å². The highest BCUT2D eigenvalue weighted by molar-refractivity contribution is 5.76. The Bertz CT molecular complexity index is 700. The number of hydrogen-bond acceptors (Lipinski definition) is 6. The molecule has 8 heteroatoms. The van der Waals surface area contributed by atoms with Gasteiger partial charge in [-0.1, -0.05) is 5.16 Å². The largest absolute Gasteiger partial charge is 0.341 e. The summed E-state index contributed by atoms with van der Waals surface area (Å²) < 4.78 is 6.89. The van der Waals surface area contributed by atoms with Crippen LogP contribution in [0.5, 0.6) is 0 Å². The van der Waals surface area contributed by atoms with Crippen molar-refractivity contribution in [1.29, 1.82) is 0 Å². The number of piperidine rings is 1. The molecule has 0 spiro atoms. The van der Waals surface area contributed by atoms with Crippen LogP contribution in [-0.2, 0) is 17.8 Å². The van der Waals surface area contributed by atoms with Gasteiger partial charge in [0.05, 0.1) is 6.20 Å². The molecule has 1 saturated heterocycles. The van der Waals surface area contributed by atoms with Gasteiger partial charge >= 0.3 is 6.01 Å². The van der Waals surface area contributed by atoms with Crippen molar-refractivity contribution in [2.75, 3.05) is 32.1 Å². The van der Waals surface area contributed by atoms with E-state index in [1.807, 2.05) is 37.0 Å². The van der Waals surface area contributed by atoms with Gasteiger partial charge in [0.1, 0.15) is 6.54 Å². The number of hydrogen-bond donors (Lipinski definition) is 0. The summed E-state index contributed by atoms with van der Waals surface area (Å²) in [6, 6.07) is 0.546. The summed E-state index contributed by atoms with van der Waals surface area (Å²) in [6.45, 7) is 3.94. The maximum absolute atomic E-state index is 12.4. The van der Waals surface area contributed by atoms with Gasteiger partial charge in [-0.25, -0.2) is 0 Å². The summed E-state index contributed by atoms with van der Waals surface area (Å²) in [5.74, 6) is 1.52. The normalized spacial score (nSPS) is 15.6. The summed E-state index contributed by atoms with van der Waals surface area (Å²) in [5, 5.41) is 8.20. The Morgan fingerprint density at radius 3 is 2.72 bits per heavy atom. The number of anilines is 1. The van der Waals surface area contributed by atoms with Gasteiger partial charge in [-0.2, -0.15) is 10.1 Å². The highest BCUT2D eigenvalue weighted by atomic mass is 16.5. The fourth-order valence-electron chi connectivity index (χ4n) is 3.12. The van der Waals surface area contributed by atoms with Crippen molar-refractivity contribution in [3.8, 4) is 0 Å². The zero-order valence-electron chi connectivity index (χ0n) is 15.2. The van der Waals surface area contributed by atoms with E-state index in [2.05, 4.69) is 15.2 Å². The van der Waals surface area contributed by atoms with Crippen molar-refractivity contribution in [2.24, 2.45) is 5.92 Å². The number of aromatic nitrogens is 4. The molecule has 0 saturated carbocycles. The SMILES string of the molecule is Cc1cnn(CC(=O)N2CCC(CCc3noc(N(C)C)n3)CC2)c1. The Kier molecular flexibility index (Phi) is 5.35. The first-order valence-electron chi connectivity index (χ1n) is 8.78. The van der Waals surface area contributed by atoms with Crippen LogP contribution >= 0.6 is 0 Å². The van der Waals surface area contributed by atoms with E-state index in [4.69, 9.17) is 4.52 Å². The molecule has 1 aliphatic rings. The van der Waals surface area contributed by atoms with Gasteiger partial charge in [-0.15, -0.1) is 0 Å². The summed E-state index contributed by atoms with van der Waals surface area (Å²) in [4.78, 5) is 20.5. The van der Waals surface area contributed by atoms with Gasteiger partial charge in [0.15, 0.2) is 5.82 Å². The van der Waals surface area contributed by atoms with Gasteiger partial charge in [0.2, 0.25) is 5.91 Å². The molecule has 0 aromatic carbocycles. The molecule has 0 unspecified atom stereocenters. The number of rotatable bonds is 6. The van der Waals surface area contributed by atoms with Crippen LogP contribution < -0.4 is 4.90 Å². The molecule has 3 rings (SSSR count). The third-order valence-electron chi connectivity index (χ3n) is 4.64. The molecule has 0 radical (unpaired) electrons. The lowest BCUT2D eigenvalue weighted by molar-refractivity contribution is -0.133. The van der Waals surface area contributed by atoms with E-state index in [9.17, 15) is 4.79 Å². The fourth-order valence-corrected chi connectivity index (χ4v) is 3.12. The first-order valence-corrected chi connectivity index (χ1v) is 8.78. The number of carbonyl (C=O) groups is 1. The number of carbonyl (C=O) groups excluding carboxylic acids is 1. The van der Waals surface area contributed by atoms with Gasteiger partial charge in [0, 0.05) is 39.8 Å². The average Bonchev–Trinajstić information content (AvgIpc) is 3.22. The predicted molar refractivity (Wildman–Crippen MR) is 93.2 cm³/mol. The van der Waals surface area contributed by atoms with Crippen LogP contribution in [0.2, 0.25) is 0 Å². The van der Waals surface area contributed by atoms with Gasteiger partial charge < -0.3 is 14.3 Å². The lowest BCUT2D eigenvalue weighted by Crippen LogP contribution is -2.40. The monoisotopic (exact) mass is 346 g/mol. The molecule has 2 aromatic heterocycles. The van der Waals surface area contributed by atoms with Crippen molar-refractivity contribution in [2.45, 2.75) is 39.2 Å². The molecule has 1 fully saturated rings. The van der Waals surface area contributed by atoms with Crippen molar-refractivity contribution < 1.29 is 9.32 Å². The summed E-state index contributed by atoms with van der Waals surface area (Å²) in [7, 11) is 3.77. The number of aryl methyl sites for hydroxylation is 2. The molecule has 2 aromatic rings. The van der Waals surface area contributed by atoms with Crippen molar-refractivity contribution in [1.82, 2.24) is 24.8 Å². The molecular weight excluding hydrogens is 320 g/mol. The Balaban J connectivity index is 1.41. The van der Waals surface area contributed by atoms with Crippen LogP contribution in [0.1, 0.15) is 30.7 Å². The van der Waals surface area contributed by atoms with E-state index >= 15 is 0 Å². The number of nitrogens with zero attached hydrogens (tertiary/aromatic N) is 6. The third kappa shape index (κ3) is 4.58. The Morgan fingerprint density at radius 1 is 1.36 bits per heavy atom. The average molecular weight is 346 g/mol. The quantitative estimate of drug-likeness (QED) is 0.789. The second-order valence-electron chi connectivity index (χ2n) is 6.97. The van der Waals surface area contributed by atoms with Crippen LogP contribution in [0.25, 0.3) is 0 Å². The van der Waals surface area contributed by atoms with Gasteiger partial charge in [-0.3, -0.25) is 9.48 Å². The molecule has 8 nitrogen and oxygen atoms in total. The van der Waals surface area contributed by atoms with Crippen molar-refractivity contribution in [3.05, 3.63) is 23.8 Å². The molecular formula is C17H26N6O2. The fraction of sp³-hybridized carbons (Fsp3) is 0.647. The summed E-state index contributed by atoms with van der Waals surface area (Å²) >= 11 is 0. The minimum absolute atomic E-state index is 0.148. The maximum Gasteiger partial charge on any atom is 0.323 e. The van der Waals surface area contributed by atoms with E-state index < -0.39 is 0 Å². The molecule has 1 amide bonds. The maximum atomic E-state index is 12.4. The van der Waals surface area contributed by atoms with E-state index in [1.165, 1.54) is 0 Å². The van der Waals surface area contributed by atoms with Crippen LogP contribution in [-0.4, -0.2) is 57.9 Å². The Hall–Kier alpha value is -2.38. The van der Waals surface area contributed by atoms with Gasteiger partial charge in [-0.05, 0) is 37.7 Å². The molecule has 1 aliphatic heterocycles. The molecule has 0 N–H and O–H groups in total. The van der Waals surface area contributed by atoms with Crippen LogP contribution in [0.4, 0.5) is 6.01 Å². The number of likely N-dealkylation sites (tertiary alicyclic amines) is 1. The van der Waals surface area contributed by atoms with Crippen LogP contribution in [0.15, 0.2) is 16.9 Å². The predicted octanol–water partition coefficient (Wildman–Crippen LogP) is 1.51. The smallest absolute Gasteiger partial charge is 0.323 e. The second kappa shape index (κ2) is 7.67. The Morgan fingerprint density at radius 2 is 2.12 bits per heavy atom. The second-order valence-corrected chi connectivity index (χ2v) is 6.97. The molecule has 0 atom stereocenters. The van der Waals surface area contributed by atoms with E-state index in [0.717, 1.165) is 50.2 Å². The molecule has 0 aliphatic carbocycles. The first kappa shape index (κ1) is 17.4. The van der Waals surface area contributed by atoms with E-state index in [-0.39, 0.29) is 5.91 Å². The zero-order chi connectivity index (χ0) is 17.8. The topological polar surface area (TPSA) is 80.3 Å². The molecule has 136 valence electrons. The number of amides is 1. The van der Waals surface area contributed by atoms with Crippen LogP contribution in [0.3, 0.4) is 0 Å².